The minimum absolute atomic E-state index is 0.116. The molecule has 0 amide bonds. The Kier molecular flexibility index (Phi) is 2.57. The normalized spacial score (nSPS) is 13.1. The molecule has 63 valence electrons. The molecular weight excluding hydrogens is 181 g/mol. The van der Waals surface area contributed by atoms with E-state index in [9.17, 15) is 13.2 Å². The molecule has 0 aromatic heterocycles. The zero-order valence-electron chi connectivity index (χ0n) is 6.37. The summed E-state index contributed by atoms with van der Waals surface area (Å²) in [7, 11) is 3.11. The number of halogens is 3. The van der Waals surface area contributed by atoms with Crippen LogP contribution in [-0.4, -0.2) is 10.2 Å². The van der Waals surface area contributed by atoms with E-state index < -0.39 is 17.5 Å². The highest BCUT2D eigenvalue weighted by atomic mass is 28.1. The second-order valence-electron chi connectivity index (χ2n) is 2.49. The summed E-state index contributed by atoms with van der Waals surface area (Å²) in [5.74, 6) is -3.71. The Labute approximate surface area is 71.8 Å². The summed E-state index contributed by atoms with van der Waals surface area (Å²) in [5, 5.41) is 0. The topological polar surface area (TPSA) is 0 Å². The number of hydrogen-bond donors (Lipinski definition) is 0. The molecule has 1 unspecified atom stereocenters. The van der Waals surface area contributed by atoms with Gasteiger partial charge in [0.05, 0.1) is 0 Å². The van der Waals surface area contributed by atoms with E-state index in [1.165, 1.54) is 6.07 Å². The van der Waals surface area contributed by atoms with Crippen LogP contribution < -0.4 is 0 Å². The molecule has 0 aliphatic carbocycles. The third-order valence-electron chi connectivity index (χ3n) is 1.53. The highest BCUT2D eigenvalue weighted by Crippen LogP contribution is 2.20. The van der Waals surface area contributed by atoms with Crippen LogP contribution in [0.15, 0.2) is 12.1 Å². The van der Waals surface area contributed by atoms with E-state index in [-0.39, 0.29) is 11.1 Å². The lowest BCUT2D eigenvalue weighted by atomic mass is 10.1. The zero-order chi connectivity index (χ0) is 9.30. The van der Waals surface area contributed by atoms with E-state index in [1.54, 1.807) is 6.92 Å². The van der Waals surface area contributed by atoms with Gasteiger partial charge in [0.1, 0.15) is 0 Å². The Morgan fingerprint density at radius 2 is 1.75 bits per heavy atom. The van der Waals surface area contributed by atoms with Gasteiger partial charge in [0.25, 0.3) is 0 Å². The quantitative estimate of drug-likeness (QED) is 0.467. The van der Waals surface area contributed by atoms with Gasteiger partial charge in [-0.2, -0.15) is 0 Å². The molecule has 12 heavy (non-hydrogen) atoms. The molecule has 0 aliphatic heterocycles. The average Bonchev–Trinajstić information content (AvgIpc) is 2.00. The highest BCUT2D eigenvalue weighted by Gasteiger charge is 2.14. The lowest BCUT2D eigenvalue weighted by Gasteiger charge is -2.06. The van der Waals surface area contributed by atoms with Crippen molar-refractivity contribution >= 4 is 10.2 Å². The predicted octanol–water partition coefficient (Wildman–Crippen LogP) is 2.33. The van der Waals surface area contributed by atoms with Crippen LogP contribution in [0.25, 0.3) is 0 Å². The van der Waals surface area contributed by atoms with Crippen molar-refractivity contribution in [1.29, 1.82) is 0 Å². The van der Waals surface area contributed by atoms with Gasteiger partial charge in [-0.15, -0.1) is 0 Å². The van der Waals surface area contributed by atoms with Gasteiger partial charge in [-0.1, -0.05) is 13.0 Å². The summed E-state index contributed by atoms with van der Waals surface area (Å²) < 4.78 is 37.8. The van der Waals surface area contributed by atoms with E-state index in [0.29, 0.717) is 0 Å². The molecular formula is C8H6F3Si. The first-order valence-electron chi connectivity index (χ1n) is 3.38. The molecule has 0 bridgehead atoms. The van der Waals surface area contributed by atoms with Crippen LogP contribution in [0.1, 0.15) is 18.0 Å². The third kappa shape index (κ3) is 1.53. The van der Waals surface area contributed by atoms with Crippen LogP contribution in [0.5, 0.6) is 0 Å². The molecule has 0 fully saturated rings. The van der Waals surface area contributed by atoms with Crippen LogP contribution in [0.3, 0.4) is 0 Å². The smallest absolute Gasteiger partial charge is 0.194 e. The van der Waals surface area contributed by atoms with Gasteiger partial charge in [0.2, 0.25) is 0 Å². The Morgan fingerprint density at radius 3 is 2.25 bits per heavy atom. The Balaban J connectivity index is 3.27. The van der Waals surface area contributed by atoms with Crippen molar-refractivity contribution in [2.75, 3.05) is 0 Å². The van der Waals surface area contributed by atoms with E-state index in [2.05, 4.69) is 10.2 Å². The van der Waals surface area contributed by atoms with Gasteiger partial charge in [-0.25, -0.2) is 13.2 Å². The average molecular weight is 187 g/mol. The molecule has 1 atom stereocenters. The second kappa shape index (κ2) is 3.31. The standard InChI is InChI=1S/C8H6F3Si/c1-4(12)5-2-3-6(9)8(11)7(5)10/h2-4H,1H3. The Hall–Kier alpha value is -0.773. The second-order valence-corrected chi connectivity index (χ2v) is 3.35. The molecule has 1 aromatic carbocycles. The van der Waals surface area contributed by atoms with Gasteiger partial charge < -0.3 is 0 Å². The van der Waals surface area contributed by atoms with Crippen molar-refractivity contribution in [2.24, 2.45) is 0 Å². The molecule has 0 aliphatic rings. The largest absolute Gasteiger partial charge is 0.204 e. The first kappa shape index (κ1) is 9.32. The molecule has 0 spiro atoms. The summed E-state index contributed by atoms with van der Waals surface area (Å²) >= 11 is 0. The maximum atomic E-state index is 12.9. The first-order valence-corrected chi connectivity index (χ1v) is 3.96. The fraction of sp³-hybridized carbons (Fsp3) is 0.250. The zero-order valence-corrected chi connectivity index (χ0v) is 7.37. The molecule has 0 heterocycles. The van der Waals surface area contributed by atoms with Crippen molar-refractivity contribution in [3.8, 4) is 0 Å². The van der Waals surface area contributed by atoms with E-state index in [1.807, 2.05) is 0 Å². The van der Waals surface area contributed by atoms with Crippen LogP contribution in [-0.2, 0) is 0 Å². The van der Waals surface area contributed by atoms with E-state index in [4.69, 9.17) is 0 Å². The summed E-state index contributed by atoms with van der Waals surface area (Å²) in [6, 6.07) is 2.12. The molecule has 1 rings (SSSR count). The number of rotatable bonds is 1. The first-order chi connectivity index (χ1) is 5.54. The monoisotopic (exact) mass is 187 g/mol. The maximum Gasteiger partial charge on any atom is 0.194 e. The maximum absolute atomic E-state index is 12.9. The molecule has 0 N–H and O–H groups in total. The predicted molar refractivity (Wildman–Crippen MR) is 40.5 cm³/mol. The molecule has 4 heteroatoms. The Bertz CT molecular complexity index is 297. The van der Waals surface area contributed by atoms with E-state index in [0.717, 1.165) is 6.07 Å². The fourth-order valence-corrected chi connectivity index (χ4v) is 1.10. The van der Waals surface area contributed by atoms with Crippen LogP contribution >= 0.6 is 0 Å². The van der Waals surface area contributed by atoms with Crippen molar-refractivity contribution in [1.82, 2.24) is 0 Å². The summed E-state index contributed by atoms with van der Waals surface area (Å²) in [4.78, 5) is 0. The van der Waals surface area contributed by atoms with Gasteiger partial charge in [-0.05, 0) is 17.2 Å². The van der Waals surface area contributed by atoms with Crippen LogP contribution in [0.2, 0.25) is 0 Å². The van der Waals surface area contributed by atoms with Gasteiger partial charge in [0, 0.05) is 10.2 Å². The molecule has 1 aromatic rings. The SMILES string of the molecule is CC([Si])c1ccc(F)c(F)c1F. The molecule has 0 saturated carbocycles. The van der Waals surface area contributed by atoms with Crippen LogP contribution in [0.4, 0.5) is 13.2 Å². The lowest BCUT2D eigenvalue weighted by molar-refractivity contribution is 0.441. The summed E-state index contributed by atoms with van der Waals surface area (Å²) in [6.45, 7) is 1.63. The molecule has 3 radical (unpaired) electrons. The van der Waals surface area contributed by atoms with E-state index >= 15 is 0 Å². The number of benzene rings is 1. The summed E-state index contributed by atoms with van der Waals surface area (Å²) in [6.07, 6.45) is 0. The summed E-state index contributed by atoms with van der Waals surface area (Å²) in [5.41, 5.74) is -0.217. The van der Waals surface area contributed by atoms with Gasteiger partial charge >= 0.3 is 0 Å². The minimum Gasteiger partial charge on any atom is -0.204 e. The lowest BCUT2D eigenvalue weighted by Crippen LogP contribution is -2.01. The van der Waals surface area contributed by atoms with Gasteiger partial charge in [-0.3, -0.25) is 0 Å². The van der Waals surface area contributed by atoms with Crippen molar-refractivity contribution in [3.63, 3.8) is 0 Å². The number of hydrogen-bond acceptors (Lipinski definition) is 0. The fourth-order valence-electron chi connectivity index (χ4n) is 0.875. The van der Waals surface area contributed by atoms with Crippen LogP contribution in [0, 0.1) is 17.5 Å². The van der Waals surface area contributed by atoms with Crippen molar-refractivity contribution in [2.45, 2.75) is 12.5 Å². The molecule has 0 saturated heterocycles. The van der Waals surface area contributed by atoms with Gasteiger partial charge in [0.15, 0.2) is 17.5 Å². The third-order valence-corrected chi connectivity index (χ3v) is 1.84. The molecule has 0 nitrogen and oxygen atoms in total. The minimum atomic E-state index is -1.42. The van der Waals surface area contributed by atoms with Crippen molar-refractivity contribution in [3.05, 3.63) is 35.1 Å². The Morgan fingerprint density at radius 1 is 1.17 bits per heavy atom. The van der Waals surface area contributed by atoms with Crippen molar-refractivity contribution < 1.29 is 13.2 Å². The highest BCUT2D eigenvalue weighted by molar-refractivity contribution is 6.12.